The van der Waals surface area contributed by atoms with Crippen LogP contribution in [0.4, 0.5) is 0 Å². The molecule has 0 unspecified atom stereocenters. The molecule has 0 radical (unpaired) electrons. The van der Waals surface area contributed by atoms with Crippen molar-refractivity contribution in [2.24, 2.45) is 0 Å². The highest BCUT2D eigenvalue weighted by molar-refractivity contribution is 6.25. The molecule has 0 spiro atoms. The van der Waals surface area contributed by atoms with E-state index in [4.69, 9.17) is 4.42 Å². The zero-order valence-electron chi connectivity index (χ0n) is 35.4. The summed E-state index contributed by atoms with van der Waals surface area (Å²) >= 11 is 0. The molecule has 0 aliphatic heterocycles. The van der Waals surface area contributed by atoms with Gasteiger partial charge in [-0.05, 0) is 129 Å². The average molecular weight is 817 g/mol. The lowest BCUT2D eigenvalue weighted by atomic mass is 9.82. The summed E-state index contributed by atoms with van der Waals surface area (Å²) in [4.78, 5) is 0. The van der Waals surface area contributed by atoms with Crippen LogP contribution < -0.4 is 0 Å². The number of hydrogen-bond donors (Lipinski definition) is 0. The highest BCUT2D eigenvalue weighted by Crippen LogP contribution is 2.52. The van der Waals surface area contributed by atoms with Crippen LogP contribution >= 0.6 is 0 Å². The Labute approximate surface area is 369 Å². The van der Waals surface area contributed by atoms with Crippen molar-refractivity contribution in [1.82, 2.24) is 9.13 Å². The molecule has 0 amide bonds. The number of nitrogens with zero attached hydrogens (tertiary/aromatic N) is 2. The molecule has 0 N–H and O–H groups in total. The second-order valence-corrected chi connectivity index (χ2v) is 18.0. The predicted octanol–water partition coefficient (Wildman–Crippen LogP) is 16.6. The van der Waals surface area contributed by atoms with Crippen LogP contribution in [-0.4, -0.2) is 9.13 Å². The van der Waals surface area contributed by atoms with Gasteiger partial charge in [0.15, 0.2) is 0 Å². The summed E-state index contributed by atoms with van der Waals surface area (Å²) in [6, 6.07) is 75.8. The first-order valence-corrected chi connectivity index (χ1v) is 22.3. The summed E-state index contributed by atoms with van der Waals surface area (Å²) in [5.41, 5.74) is 19.0. The number of fused-ring (bicyclic) bond motifs is 14. The van der Waals surface area contributed by atoms with Crippen LogP contribution in [0.25, 0.3) is 121 Å². The molecule has 0 fully saturated rings. The first kappa shape index (κ1) is 35.5. The summed E-state index contributed by atoms with van der Waals surface area (Å²) in [6.45, 7) is 4.73. The van der Waals surface area contributed by atoms with E-state index >= 15 is 0 Å². The molecule has 300 valence electrons. The number of aromatic nitrogens is 2. The number of benzene rings is 10. The molecule has 3 aromatic heterocycles. The van der Waals surface area contributed by atoms with Gasteiger partial charge in [-0.2, -0.15) is 0 Å². The van der Waals surface area contributed by atoms with E-state index in [1.54, 1.807) is 0 Å². The zero-order valence-corrected chi connectivity index (χ0v) is 35.4. The molecule has 1 aliphatic rings. The van der Waals surface area contributed by atoms with Crippen molar-refractivity contribution in [1.29, 1.82) is 0 Å². The van der Waals surface area contributed by atoms with Crippen LogP contribution in [0, 0.1) is 0 Å². The van der Waals surface area contributed by atoms with E-state index < -0.39 is 0 Å². The van der Waals surface area contributed by atoms with E-state index in [0.29, 0.717) is 0 Å². The lowest BCUT2D eigenvalue weighted by Crippen LogP contribution is -2.14. The second-order valence-electron chi connectivity index (χ2n) is 18.0. The Morgan fingerprint density at radius 1 is 0.344 bits per heavy atom. The van der Waals surface area contributed by atoms with Crippen molar-refractivity contribution < 1.29 is 4.42 Å². The molecular weight excluding hydrogens is 777 g/mol. The third kappa shape index (κ3) is 4.81. The van der Waals surface area contributed by atoms with Crippen LogP contribution in [-0.2, 0) is 5.41 Å². The summed E-state index contributed by atoms with van der Waals surface area (Å²) < 4.78 is 11.6. The molecule has 0 bridgehead atoms. The lowest BCUT2D eigenvalue weighted by Gasteiger charge is -2.21. The van der Waals surface area contributed by atoms with E-state index in [9.17, 15) is 0 Å². The minimum absolute atomic E-state index is 0.0933. The van der Waals surface area contributed by atoms with E-state index in [1.165, 1.54) is 93.3 Å². The maximum Gasteiger partial charge on any atom is 0.136 e. The van der Waals surface area contributed by atoms with Crippen LogP contribution in [0.2, 0.25) is 0 Å². The van der Waals surface area contributed by atoms with Gasteiger partial charge in [-0.25, -0.2) is 0 Å². The summed E-state index contributed by atoms with van der Waals surface area (Å²) in [6.07, 6.45) is 0. The summed E-state index contributed by atoms with van der Waals surface area (Å²) in [5.74, 6) is 0. The summed E-state index contributed by atoms with van der Waals surface area (Å²) in [7, 11) is 0. The lowest BCUT2D eigenvalue weighted by molar-refractivity contribution is 0.661. The van der Waals surface area contributed by atoms with Crippen molar-refractivity contribution >= 4 is 76.3 Å². The van der Waals surface area contributed by atoms with Crippen LogP contribution in [0.3, 0.4) is 0 Å². The Balaban J connectivity index is 0.995. The fourth-order valence-electron chi connectivity index (χ4n) is 11.4. The van der Waals surface area contributed by atoms with Gasteiger partial charge in [-0.1, -0.05) is 141 Å². The van der Waals surface area contributed by atoms with Crippen molar-refractivity contribution in [3.05, 3.63) is 217 Å². The van der Waals surface area contributed by atoms with Crippen molar-refractivity contribution in [3.8, 4) is 44.8 Å². The minimum Gasteiger partial charge on any atom is -0.456 e. The fourth-order valence-corrected chi connectivity index (χ4v) is 11.4. The van der Waals surface area contributed by atoms with E-state index in [2.05, 4.69) is 229 Å². The second kappa shape index (κ2) is 12.9. The van der Waals surface area contributed by atoms with Crippen LogP contribution in [0.1, 0.15) is 25.0 Å². The fraction of sp³-hybridized carbons (Fsp3) is 0.0492. The molecule has 13 aromatic rings. The Hall–Kier alpha value is -8.14. The Morgan fingerprint density at radius 3 is 1.77 bits per heavy atom. The van der Waals surface area contributed by atoms with E-state index in [0.717, 1.165) is 38.9 Å². The first-order chi connectivity index (χ1) is 31.5. The van der Waals surface area contributed by atoms with Crippen LogP contribution in [0.5, 0.6) is 0 Å². The van der Waals surface area contributed by atoms with Gasteiger partial charge in [-0.15, -0.1) is 0 Å². The normalized spacial score (nSPS) is 13.3. The smallest absolute Gasteiger partial charge is 0.136 e. The Kier molecular flexibility index (Phi) is 7.17. The maximum atomic E-state index is 6.70. The van der Waals surface area contributed by atoms with Gasteiger partial charge in [0.25, 0.3) is 0 Å². The van der Waals surface area contributed by atoms with Gasteiger partial charge in [0.05, 0.1) is 22.1 Å². The molecule has 0 atom stereocenters. The summed E-state index contributed by atoms with van der Waals surface area (Å²) in [5, 5.41) is 9.67. The largest absolute Gasteiger partial charge is 0.456 e. The quantitative estimate of drug-likeness (QED) is 0.173. The number of para-hydroxylation sites is 3. The number of furan rings is 1. The number of hydrogen-bond acceptors (Lipinski definition) is 1. The Morgan fingerprint density at radius 2 is 0.953 bits per heavy atom. The van der Waals surface area contributed by atoms with Gasteiger partial charge in [-0.3, -0.25) is 0 Å². The molecule has 3 nitrogen and oxygen atoms in total. The average Bonchev–Trinajstić information content (AvgIpc) is 4.06. The van der Waals surface area contributed by atoms with Gasteiger partial charge in [0, 0.05) is 54.5 Å². The molecular formula is C61H40N2O. The highest BCUT2D eigenvalue weighted by Gasteiger charge is 2.36. The predicted molar refractivity (Wildman–Crippen MR) is 268 cm³/mol. The standard InChI is InChI=1S/C61H40N2O/c1-61(2)52-25-13-11-21-42(52)47-35-49-48-32-37(28-30-55(48)62(56(49)36-53(47)61)39-16-5-3-6-17-39)38-29-31-57-51(33-38)59-44(24-15-27-58(59)64-57)46-34-50-43-22-12-14-26-54(43)63(40-18-7-4-8-19-40)60(50)45-23-10-9-20-41(45)46/h3-36H,1-2H3. The van der Waals surface area contributed by atoms with Gasteiger partial charge < -0.3 is 13.6 Å². The van der Waals surface area contributed by atoms with Crippen molar-refractivity contribution in [3.63, 3.8) is 0 Å². The Bertz CT molecular complexity index is 4090. The minimum atomic E-state index is -0.0933. The highest BCUT2D eigenvalue weighted by atomic mass is 16.3. The molecule has 0 saturated carbocycles. The van der Waals surface area contributed by atoms with E-state index in [1.807, 2.05) is 0 Å². The van der Waals surface area contributed by atoms with Crippen molar-refractivity contribution in [2.75, 3.05) is 0 Å². The monoisotopic (exact) mass is 816 g/mol. The molecule has 10 aromatic carbocycles. The molecule has 3 heteroatoms. The third-order valence-electron chi connectivity index (χ3n) is 14.3. The number of rotatable bonds is 4. The SMILES string of the molecule is CC1(C)c2ccccc2-c2cc3c4cc(-c5ccc6oc7cccc(-c8cc9c%10ccccc%10n(-c%10ccccc%10)c9c9ccccc89)c7c6c5)ccc4n(-c4ccccc4)c3cc21. The zero-order chi connectivity index (χ0) is 42.3. The maximum absolute atomic E-state index is 6.70. The van der Waals surface area contributed by atoms with Crippen molar-refractivity contribution in [2.45, 2.75) is 19.3 Å². The molecule has 3 heterocycles. The third-order valence-corrected chi connectivity index (χ3v) is 14.3. The molecule has 64 heavy (non-hydrogen) atoms. The van der Waals surface area contributed by atoms with Gasteiger partial charge in [0.2, 0.25) is 0 Å². The molecule has 14 rings (SSSR count). The topological polar surface area (TPSA) is 23.0 Å². The van der Waals surface area contributed by atoms with E-state index in [-0.39, 0.29) is 5.41 Å². The molecule has 1 aliphatic carbocycles. The first-order valence-electron chi connectivity index (χ1n) is 22.3. The molecule has 0 saturated heterocycles. The van der Waals surface area contributed by atoms with Crippen LogP contribution in [0.15, 0.2) is 211 Å². The van der Waals surface area contributed by atoms with Gasteiger partial charge in [0.1, 0.15) is 11.2 Å². The van der Waals surface area contributed by atoms with Gasteiger partial charge >= 0.3 is 0 Å².